The van der Waals surface area contributed by atoms with Crippen LogP contribution >= 0.6 is 15.9 Å². The number of benzene rings is 2. The van der Waals surface area contributed by atoms with E-state index in [0.29, 0.717) is 0 Å². The molecule has 18 heavy (non-hydrogen) atoms. The zero-order valence-corrected chi connectivity index (χ0v) is 11.7. The predicted octanol–water partition coefficient (Wildman–Crippen LogP) is 3.59. The Balaban J connectivity index is 1.90. The summed E-state index contributed by atoms with van der Waals surface area (Å²) in [5, 5.41) is 0. The monoisotopic (exact) mass is 302 g/mol. The first-order valence-electron chi connectivity index (χ1n) is 6.10. The number of anilines is 2. The summed E-state index contributed by atoms with van der Waals surface area (Å²) in [6.45, 7) is 2.00. The number of hydrogen-bond acceptors (Lipinski definition) is 2. The fourth-order valence-corrected chi connectivity index (χ4v) is 2.86. The lowest BCUT2D eigenvalue weighted by Crippen LogP contribution is -2.30. The lowest BCUT2D eigenvalue weighted by atomic mass is 9.99. The number of nitrogens with zero attached hydrogens (tertiary/aromatic N) is 1. The van der Waals surface area contributed by atoms with Gasteiger partial charge in [-0.2, -0.15) is 0 Å². The fraction of sp³-hybridized carbons (Fsp3) is 0.200. The molecule has 2 nitrogen and oxygen atoms in total. The quantitative estimate of drug-likeness (QED) is 0.816. The first-order chi connectivity index (χ1) is 8.72. The van der Waals surface area contributed by atoms with Crippen LogP contribution < -0.4 is 10.6 Å². The topological polar surface area (TPSA) is 29.3 Å². The molecule has 2 aromatic carbocycles. The van der Waals surface area contributed by atoms with Gasteiger partial charge in [-0.1, -0.05) is 28.1 Å². The van der Waals surface area contributed by atoms with Gasteiger partial charge in [0.25, 0.3) is 0 Å². The van der Waals surface area contributed by atoms with Crippen LogP contribution in [0.1, 0.15) is 11.1 Å². The number of hydrogen-bond donors (Lipinski definition) is 1. The summed E-state index contributed by atoms with van der Waals surface area (Å²) in [7, 11) is 0. The number of rotatable bonds is 1. The highest BCUT2D eigenvalue weighted by Crippen LogP contribution is 2.27. The van der Waals surface area contributed by atoms with Crippen LogP contribution in [0.25, 0.3) is 0 Å². The summed E-state index contributed by atoms with van der Waals surface area (Å²) in [5.41, 5.74) is 10.8. The summed E-state index contributed by atoms with van der Waals surface area (Å²) in [6.07, 6.45) is 1.09. The van der Waals surface area contributed by atoms with Crippen LogP contribution in [0.4, 0.5) is 11.4 Å². The molecule has 0 fully saturated rings. The van der Waals surface area contributed by atoms with Crippen LogP contribution in [0.2, 0.25) is 0 Å². The lowest BCUT2D eigenvalue weighted by Gasteiger charge is -2.31. The standard InChI is InChI=1S/C15H15BrN2/c16-13-2-1-3-15(9-13)18-7-6-11-4-5-14(17)8-12(11)10-18/h1-5,8-9H,6-7,10,17H2. The van der Waals surface area contributed by atoms with Crippen LogP contribution in [0.5, 0.6) is 0 Å². The van der Waals surface area contributed by atoms with Gasteiger partial charge in [-0.15, -0.1) is 0 Å². The Labute approximate surface area is 116 Å². The average molecular weight is 303 g/mol. The number of nitrogens with two attached hydrogens (primary N) is 1. The van der Waals surface area contributed by atoms with Crippen LogP contribution in [0.15, 0.2) is 46.9 Å². The maximum absolute atomic E-state index is 5.86. The van der Waals surface area contributed by atoms with E-state index in [1.807, 2.05) is 6.07 Å². The van der Waals surface area contributed by atoms with Crippen molar-refractivity contribution in [2.75, 3.05) is 17.2 Å². The van der Waals surface area contributed by atoms with Crippen LogP contribution in [0, 0.1) is 0 Å². The molecule has 2 aromatic rings. The molecule has 0 bridgehead atoms. The van der Waals surface area contributed by atoms with Crippen LogP contribution in [-0.2, 0) is 13.0 Å². The van der Waals surface area contributed by atoms with E-state index < -0.39 is 0 Å². The molecule has 3 rings (SSSR count). The highest BCUT2D eigenvalue weighted by atomic mass is 79.9. The predicted molar refractivity (Wildman–Crippen MR) is 79.8 cm³/mol. The second kappa shape index (κ2) is 4.65. The molecule has 0 aliphatic carbocycles. The first-order valence-corrected chi connectivity index (χ1v) is 6.89. The van der Waals surface area contributed by atoms with Gasteiger partial charge < -0.3 is 10.6 Å². The van der Waals surface area contributed by atoms with E-state index >= 15 is 0 Å². The lowest BCUT2D eigenvalue weighted by molar-refractivity contribution is 0.732. The van der Waals surface area contributed by atoms with Crippen molar-refractivity contribution in [3.63, 3.8) is 0 Å². The van der Waals surface area contributed by atoms with Gasteiger partial charge in [0.2, 0.25) is 0 Å². The molecule has 3 heteroatoms. The third-order valence-corrected chi connectivity index (χ3v) is 3.91. The van der Waals surface area contributed by atoms with Gasteiger partial charge in [0.1, 0.15) is 0 Å². The molecule has 1 aliphatic heterocycles. The van der Waals surface area contributed by atoms with E-state index in [2.05, 4.69) is 57.2 Å². The van der Waals surface area contributed by atoms with Crippen molar-refractivity contribution in [3.05, 3.63) is 58.1 Å². The number of nitrogen functional groups attached to an aromatic ring is 1. The Morgan fingerprint density at radius 3 is 2.78 bits per heavy atom. The minimum Gasteiger partial charge on any atom is -0.399 e. The van der Waals surface area contributed by atoms with Crippen LogP contribution in [0.3, 0.4) is 0 Å². The first kappa shape index (κ1) is 11.6. The molecule has 0 radical (unpaired) electrons. The van der Waals surface area contributed by atoms with Gasteiger partial charge in [-0.25, -0.2) is 0 Å². The van der Waals surface area contributed by atoms with E-state index in [1.54, 1.807) is 0 Å². The van der Waals surface area contributed by atoms with E-state index in [-0.39, 0.29) is 0 Å². The molecule has 0 atom stereocenters. The van der Waals surface area contributed by atoms with Gasteiger partial charge in [0.15, 0.2) is 0 Å². The van der Waals surface area contributed by atoms with Crippen molar-refractivity contribution in [2.24, 2.45) is 0 Å². The average Bonchev–Trinajstić information content (AvgIpc) is 2.38. The van der Waals surface area contributed by atoms with E-state index in [9.17, 15) is 0 Å². The summed E-state index contributed by atoms with van der Waals surface area (Å²) in [4.78, 5) is 2.40. The zero-order chi connectivity index (χ0) is 12.5. The maximum atomic E-state index is 5.86. The smallest absolute Gasteiger partial charge is 0.0433 e. The van der Waals surface area contributed by atoms with Gasteiger partial charge >= 0.3 is 0 Å². The molecule has 0 spiro atoms. The van der Waals surface area contributed by atoms with Gasteiger partial charge in [0.05, 0.1) is 0 Å². The molecule has 0 unspecified atom stereocenters. The second-order valence-corrected chi connectivity index (χ2v) is 5.60. The molecule has 1 heterocycles. The SMILES string of the molecule is Nc1ccc2c(c1)CN(c1cccc(Br)c1)CC2. The molecule has 0 saturated heterocycles. The summed E-state index contributed by atoms with van der Waals surface area (Å²) in [6, 6.07) is 14.7. The Morgan fingerprint density at radius 2 is 1.94 bits per heavy atom. The number of halogens is 1. The summed E-state index contributed by atoms with van der Waals surface area (Å²) < 4.78 is 1.12. The van der Waals surface area contributed by atoms with Crippen molar-refractivity contribution in [2.45, 2.75) is 13.0 Å². The molecule has 1 aliphatic rings. The van der Waals surface area contributed by atoms with Gasteiger partial charge in [-0.05, 0) is 47.9 Å². The molecule has 0 aromatic heterocycles. The molecule has 2 N–H and O–H groups in total. The molecule has 0 amide bonds. The highest BCUT2D eigenvalue weighted by Gasteiger charge is 2.16. The summed E-state index contributed by atoms with van der Waals surface area (Å²) in [5.74, 6) is 0. The van der Waals surface area contributed by atoms with Crippen molar-refractivity contribution >= 4 is 27.3 Å². The molecular formula is C15H15BrN2. The van der Waals surface area contributed by atoms with Crippen molar-refractivity contribution in [3.8, 4) is 0 Å². The number of fused-ring (bicyclic) bond motifs is 1. The molecular weight excluding hydrogens is 288 g/mol. The van der Waals surface area contributed by atoms with Gasteiger partial charge in [-0.3, -0.25) is 0 Å². The Bertz CT molecular complexity index is 580. The van der Waals surface area contributed by atoms with Crippen molar-refractivity contribution in [1.82, 2.24) is 0 Å². The van der Waals surface area contributed by atoms with Crippen molar-refractivity contribution < 1.29 is 0 Å². The molecule has 0 saturated carbocycles. The third-order valence-electron chi connectivity index (χ3n) is 3.42. The normalized spacial score (nSPS) is 14.4. The Hall–Kier alpha value is -1.48. The second-order valence-electron chi connectivity index (χ2n) is 4.68. The fourth-order valence-electron chi connectivity index (χ4n) is 2.47. The summed E-state index contributed by atoms with van der Waals surface area (Å²) >= 11 is 3.53. The largest absolute Gasteiger partial charge is 0.399 e. The third kappa shape index (κ3) is 2.23. The van der Waals surface area contributed by atoms with Gasteiger partial charge in [0, 0.05) is 28.9 Å². The Morgan fingerprint density at radius 1 is 1.06 bits per heavy atom. The van der Waals surface area contributed by atoms with E-state index in [0.717, 1.165) is 29.7 Å². The van der Waals surface area contributed by atoms with Crippen LogP contribution in [-0.4, -0.2) is 6.54 Å². The Kier molecular flexibility index (Phi) is 3.00. The minimum atomic E-state index is 0.852. The maximum Gasteiger partial charge on any atom is 0.0433 e. The van der Waals surface area contributed by atoms with E-state index in [4.69, 9.17) is 5.73 Å². The van der Waals surface area contributed by atoms with E-state index in [1.165, 1.54) is 16.8 Å². The highest BCUT2D eigenvalue weighted by molar-refractivity contribution is 9.10. The zero-order valence-electron chi connectivity index (χ0n) is 10.1. The van der Waals surface area contributed by atoms with Crippen molar-refractivity contribution in [1.29, 1.82) is 0 Å². The minimum absolute atomic E-state index is 0.852. The molecule has 92 valence electrons.